The van der Waals surface area contributed by atoms with Crippen LogP contribution in [0.4, 0.5) is 0 Å². The number of rotatable bonds is 6. The summed E-state index contributed by atoms with van der Waals surface area (Å²) in [4.78, 5) is 34.9. The molecule has 160 valence electrons. The number of aliphatic hydroxyl groups is 1. The van der Waals surface area contributed by atoms with Crippen LogP contribution in [-0.2, 0) is 19.1 Å². The van der Waals surface area contributed by atoms with Crippen molar-refractivity contribution < 1.29 is 29.3 Å². The first-order valence-electron chi connectivity index (χ1n) is 9.77. The third-order valence-corrected chi connectivity index (χ3v) is 4.94. The number of carbonyl (C=O) groups is 3. The summed E-state index contributed by atoms with van der Waals surface area (Å²) in [5.41, 5.74) is 0.854. The summed E-state index contributed by atoms with van der Waals surface area (Å²) in [5, 5.41) is 22.2. The van der Waals surface area contributed by atoms with Gasteiger partial charge in [0.1, 0.15) is 6.61 Å². The fourth-order valence-corrected chi connectivity index (χ4v) is 3.46. The van der Waals surface area contributed by atoms with E-state index < -0.39 is 12.1 Å². The van der Waals surface area contributed by atoms with Gasteiger partial charge in [-0.05, 0) is 31.4 Å². The summed E-state index contributed by atoms with van der Waals surface area (Å²) >= 11 is 0. The van der Waals surface area contributed by atoms with Gasteiger partial charge in [-0.25, -0.2) is 0 Å². The highest BCUT2D eigenvalue weighted by atomic mass is 16.5. The van der Waals surface area contributed by atoms with Crippen molar-refractivity contribution in [3.63, 3.8) is 0 Å². The Kier molecular flexibility index (Phi) is 9.55. The van der Waals surface area contributed by atoms with Crippen molar-refractivity contribution in [1.82, 2.24) is 15.5 Å². The second-order valence-electron chi connectivity index (χ2n) is 7.01. The number of nitrogens with one attached hydrogen (secondary N) is 2. The van der Waals surface area contributed by atoms with Gasteiger partial charge in [-0.3, -0.25) is 14.4 Å². The van der Waals surface area contributed by atoms with Crippen molar-refractivity contribution in [2.45, 2.75) is 37.5 Å². The first kappa shape index (κ1) is 22.8. The van der Waals surface area contributed by atoms with E-state index in [-0.39, 0.29) is 31.0 Å². The second-order valence-corrected chi connectivity index (χ2v) is 7.01. The van der Waals surface area contributed by atoms with E-state index in [1.165, 1.54) is 0 Å². The van der Waals surface area contributed by atoms with Crippen LogP contribution in [-0.4, -0.2) is 78.4 Å². The van der Waals surface area contributed by atoms with Crippen LogP contribution in [0.5, 0.6) is 0 Å². The largest absolute Gasteiger partial charge is 0.483 e. The average molecular weight is 407 g/mol. The first-order valence-corrected chi connectivity index (χ1v) is 9.77. The molecule has 0 bridgehead atoms. The fourth-order valence-electron chi connectivity index (χ4n) is 3.46. The molecule has 3 rings (SSSR count). The van der Waals surface area contributed by atoms with Crippen LogP contribution < -0.4 is 10.6 Å². The number of aliphatic hydroxyl groups excluding tert-OH is 1. The summed E-state index contributed by atoms with van der Waals surface area (Å²) < 4.78 is 5.52. The Hall–Kier alpha value is -2.49. The average Bonchev–Trinajstić information content (AvgIpc) is 2.73. The van der Waals surface area contributed by atoms with Gasteiger partial charge in [-0.2, -0.15) is 0 Å². The van der Waals surface area contributed by atoms with Crippen LogP contribution in [0.2, 0.25) is 0 Å². The number of piperidine rings is 1. The maximum absolute atomic E-state index is 12.5. The molecule has 0 unspecified atom stereocenters. The number of ether oxygens (including phenoxy) is 1. The predicted octanol–water partition coefficient (Wildman–Crippen LogP) is -0.0935. The molecule has 0 spiro atoms. The van der Waals surface area contributed by atoms with Crippen LogP contribution in [0.1, 0.15) is 30.9 Å². The summed E-state index contributed by atoms with van der Waals surface area (Å²) in [6.07, 6.45) is 1.60. The molecule has 2 saturated heterocycles. The zero-order valence-corrected chi connectivity index (χ0v) is 16.3. The maximum Gasteiger partial charge on any atom is 0.290 e. The highest BCUT2D eigenvalue weighted by Gasteiger charge is 2.35. The van der Waals surface area contributed by atoms with Crippen LogP contribution in [0, 0.1) is 0 Å². The Balaban J connectivity index is 0.000000941. The number of carbonyl (C=O) groups excluding carboxylic acids is 2. The van der Waals surface area contributed by atoms with Gasteiger partial charge in [-0.1, -0.05) is 30.3 Å². The zero-order valence-electron chi connectivity index (χ0n) is 16.3. The third kappa shape index (κ3) is 7.45. The maximum atomic E-state index is 12.5. The standard InChI is InChI=1S/C19H27N3O4.CH2O2/c23-15-7-11-22(12-8-15)10-4-9-20-19(25)18-17(21-16(24)13-26-18)14-5-2-1-3-6-14;2-1-3/h1-3,5-6,15,17-18,23H,4,7-13H2,(H,20,25)(H,21,24);1H,(H,2,3)/t17-,18+;/m1./s1. The second kappa shape index (κ2) is 12.2. The first-order chi connectivity index (χ1) is 14.0. The number of hydrogen-bond donors (Lipinski definition) is 4. The van der Waals surface area contributed by atoms with E-state index >= 15 is 0 Å². The van der Waals surface area contributed by atoms with E-state index in [1.807, 2.05) is 30.3 Å². The minimum absolute atomic E-state index is 0.0997. The molecule has 2 heterocycles. The molecule has 2 aliphatic heterocycles. The van der Waals surface area contributed by atoms with E-state index in [2.05, 4.69) is 15.5 Å². The van der Waals surface area contributed by atoms with Crippen LogP contribution >= 0.6 is 0 Å². The molecule has 9 heteroatoms. The summed E-state index contributed by atoms with van der Waals surface area (Å²) in [5.74, 6) is -0.414. The van der Waals surface area contributed by atoms with E-state index in [1.54, 1.807) is 0 Å². The number of nitrogens with zero attached hydrogens (tertiary/aromatic N) is 1. The molecule has 0 radical (unpaired) electrons. The van der Waals surface area contributed by atoms with Crippen LogP contribution in [0.3, 0.4) is 0 Å². The topological polar surface area (TPSA) is 128 Å². The normalized spacial score (nSPS) is 22.7. The van der Waals surface area contributed by atoms with Gasteiger partial charge in [-0.15, -0.1) is 0 Å². The van der Waals surface area contributed by atoms with Gasteiger partial charge < -0.3 is 30.5 Å². The zero-order chi connectivity index (χ0) is 21.1. The number of likely N-dealkylation sites (tertiary alicyclic amines) is 1. The predicted molar refractivity (Wildman–Crippen MR) is 105 cm³/mol. The molecule has 4 N–H and O–H groups in total. The smallest absolute Gasteiger partial charge is 0.290 e. The van der Waals surface area contributed by atoms with E-state index in [0.29, 0.717) is 6.54 Å². The van der Waals surface area contributed by atoms with Gasteiger partial charge in [0.2, 0.25) is 5.91 Å². The van der Waals surface area contributed by atoms with Crippen LogP contribution in [0.25, 0.3) is 0 Å². The van der Waals surface area contributed by atoms with Crippen molar-refractivity contribution in [3.05, 3.63) is 35.9 Å². The molecule has 0 aliphatic carbocycles. The molecule has 9 nitrogen and oxygen atoms in total. The molecule has 2 atom stereocenters. The van der Waals surface area contributed by atoms with Gasteiger partial charge in [0.15, 0.2) is 6.10 Å². The number of amides is 2. The summed E-state index contributed by atoms with van der Waals surface area (Å²) in [7, 11) is 0. The Morgan fingerprint density at radius 1 is 1.28 bits per heavy atom. The minimum atomic E-state index is -0.722. The lowest BCUT2D eigenvalue weighted by molar-refractivity contribution is -0.148. The molecular weight excluding hydrogens is 378 g/mol. The lowest BCUT2D eigenvalue weighted by atomic mass is 9.99. The highest BCUT2D eigenvalue weighted by Crippen LogP contribution is 2.22. The van der Waals surface area contributed by atoms with E-state index in [9.17, 15) is 14.7 Å². The molecule has 2 fully saturated rings. The molecule has 2 amide bonds. The van der Waals surface area contributed by atoms with Crippen molar-refractivity contribution in [1.29, 1.82) is 0 Å². The lowest BCUT2D eigenvalue weighted by Gasteiger charge is -2.32. The Bertz CT molecular complexity index is 649. The SMILES string of the molecule is O=C1CO[C@H](C(=O)NCCCN2CCC(O)CC2)[C@@H](c2ccccc2)N1.O=CO. The lowest BCUT2D eigenvalue weighted by Crippen LogP contribution is -2.52. The molecule has 0 saturated carbocycles. The fraction of sp³-hybridized carbons (Fsp3) is 0.550. The summed E-state index contributed by atoms with van der Waals surface area (Å²) in [6.45, 7) is 2.92. The van der Waals surface area contributed by atoms with Crippen molar-refractivity contribution in [2.75, 3.05) is 32.8 Å². The molecule has 0 aromatic heterocycles. The van der Waals surface area contributed by atoms with Crippen molar-refractivity contribution in [2.24, 2.45) is 0 Å². The van der Waals surface area contributed by atoms with Gasteiger partial charge in [0, 0.05) is 19.6 Å². The van der Waals surface area contributed by atoms with Crippen molar-refractivity contribution >= 4 is 18.3 Å². The highest BCUT2D eigenvalue weighted by molar-refractivity contribution is 5.86. The van der Waals surface area contributed by atoms with Gasteiger partial charge >= 0.3 is 0 Å². The molecule has 2 aliphatic rings. The third-order valence-electron chi connectivity index (χ3n) is 4.94. The minimum Gasteiger partial charge on any atom is -0.483 e. The van der Waals surface area contributed by atoms with Gasteiger partial charge in [0.25, 0.3) is 12.4 Å². The Morgan fingerprint density at radius 3 is 2.59 bits per heavy atom. The van der Waals surface area contributed by atoms with Crippen molar-refractivity contribution in [3.8, 4) is 0 Å². The quantitative estimate of drug-likeness (QED) is 0.383. The number of carboxylic acid groups (broad SMARTS) is 1. The Morgan fingerprint density at radius 2 is 1.93 bits per heavy atom. The molecule has 1 aromatic carbocycles. The Labute approximate surface area is 170 Å². The van der Waals surface area contributed by atoms with E-state index in [4.69, 9.17) is 14.6 Å². The van der Waals surface area contributed by atoms with Gasteiger partial charge in [0.05, 0.1) is 12.1 Å². The molecular formula is C20H29N3O6. The number of hydrogen-bond acceptors (Lipinski definition) is 6. The number of morpholine rings is 1. The van der Waals surface area contributed by atoms with E-state index in [0.717, 1.165) is 44.5 Å². The van der Waals surface area contributed by atoms with Crippen LogP contribution in [0.15, 0.2) is 30.3 Å². The molecule has 1 aromatic rings. The summed E-state index contributed by atoms with van der Waals surface area (Å²) in [6, 6.07) is 8.93. The monoisotopic (exact) mass is 407 g/mol. The molecule has 29 heavy (non-hydrogen) atoms. The number of benzene rings is 1.